The summed E-state index contributed by atoms with van der Waals surface area (Å²) in [6.45, 7) is 0. The molecule has 1 fully saturated rings. The maximum atomic E-state index is 11.1. The van der Waals surface area contributed by atoms with E-state index in [2.05, 4.69) is 10.1 Å². The number of pyridine rings is 1. The lowest BCUT2D eigenvalue weighted by atomic mass is 10.0. The second-order valence-electron chi connectivity index (χ2n) is 4.81. The summed E-state index contributed by atoms with van der Waals surface area (Å²) in [5.41, 5.74) is 0.646. The Morgan fingerprint density at radius 2 is 2.47 bits per heavy atom. The number of aromatic nitrogens is 3. The molecule has 1 unspecified atom stereocenters. The maximum Gasteiger partial charge on any atom is 0.339 e. The first-order valence-electron chi connectivity index (χ1n) is 6.39. The van der Waals surface area contributed by atoms with Crippen molar-refractivity contribution < 1.29 is 9.90 Å². The lowest BCUT2D eigenvalue weighted by molar-refractivity contribution is 0.0698. The maximum absolute atomic E-state index is 11.1. The van der Waals surface area contributed by atoms with Crippen molar-refractivity contribution >= 4 is 23.4 Å². The van der Waals surface area contributed by atoms with Crippen molar-refractivity contribution in [3.8, 4) is 0 Å². The summed E-state index contributed by atoms with van der Waals surface area (Å²) in [6.07, 6.45) is 5.05. The molecule has 19 heavy (non-hydrogen) atoms. The second kappa shape index (κ2) is 5.21. The van der Waals surface area contributed by atoms with Crippen LogP contribution in [0.1, 0.15) is 29.0 Å². The van der Waals surface area contributed by atoms with Crippen LogP contribution in [0.25, 0.3) is 5.65 Å². The Labute approximate surface area is 115 Å². The highest BCUT2D eigenvalue weighted by Gasteiger charge is 2.18. The topological polar surface area (TPSA) is 67.5 Å². The number of fused-ring (bicyclic) bond motifs is 1. The summed E-state index contributed by atoms with van der Waals surface area (Å²) in [7, 11) is 0. The first kappa shape index (κ1) is 12.5. The van der Waals surface area contributed by atoms with Crippen LogP contribution in [0.15, 0.2) is 18.3 Å². The quantitative estimate of drug-likeness (QED) is 0.930. The number of aromatic carboxylic acids is 1. The third-order valence-corrected chi connectivity index (χ3v) is 4.65. The summed E-state index contributed by atoms with van der Waals surface area (Å²) < 4.78 is 1.56. The zero-order valence-corrected chi connectivity index (χ0v) is 11.3. The van der Waals surface area contributed by atoms with E-state index in [4.69, 9.17) is 5.11 Å². The van der Waals surface area contributed by atoms with Crippen molar-refractivity contribution in [1.82, 2.24) is 14.6 Å². The van der Waals surface area contributed by atoms with E-state index in [9.17, 15) is 4.79 Å². The number of nitrogens with zero attached hydrogens (tertiary/aromatic N) is 3. The van der Waals surface area contributed by atoms with E-state index in [1.54, 1.807) is 22.8 Å². The number of hydrogen-bond acceptors (Lipinski definition) is 4. The number of carboxylic acid groups (broad SMARTS) is 1. The van der Waals surface area contributed by atoms with Crippen LogP contribution in [-0.4, -0.2) is 37.2 Å². The zero-order valence-electron chi connectivity index (χ0n) is 10.5. The number of carboxylic acids is 1. The molecule has 0 amide bonds. The van der Waals surface area contributed by atoms with Crippen LogP contribution in [0.4, 0.5) is 0 Å². The van der Waals surface area contributed by atoms with E-state index in [1.165, 1.54) is 18.6 Å². The van der Waals surface area contributed by atoms with Crippen molar-refractivity contribution in [3.63, 3.8) is 0 Å². The predicted octanol–water partition coefficient (Wildman–Crippen LogP) is 2.11. The molecule has 3 heterocycles. The van der Waals surface area contributed by atoms with Gasteiger partial charge in [-0.1, -0.05) is 0 Å². The number of thioether (sulfide) groups is 1. The Morgan fingerprint density at radius 1 is 1.58 bits per heavy atom. The van der Waals surface area contributed by atoms with Gasteiger partial charge in [-0.15, -0.1) is 0 Å². The van der Waals surface area contributed by atoms with Gasteiger partial charge in [0.1, 0.15) is 5.56 Å². The molecule has 0 saturated carbocycles. The molecule has 2 aromatic heterocycles. The van der Waals surface area contributed by atoms with Crippen LogP contribution in [0, 0.1) is 5.92 Å². The van der Waals surface area contributed by atoms with E-state index < -0.39 is 5.97 Å². The fourth-order valence-electron chi connectivity index (χ4n) is 2.43. The molecular formula is C13H15N3O2S. The minimum absolute atomic E-state index is 0.208. The van der Waals surface area contributed by atoms with Gasteiger partial charge in [0, 0.05) is 12.6 Å². The van der Waals surface area contributed by atoms with Gasteiger partial charge in [-0.2, -0.15) is 16.9 Å². The molecule has 0 radical (unpaired) electrons. The van der Waals surface area contributed by atoms with Gasteiger partial charge < -0.3 is 5.11 Å². The molecule has 0 spiro atoms. The normalized spacial score (nSPS) is 19.7. The Kier molecular flexibility index (Phi) is 3.42. The largest absolute Gasteiger partial charge is 0.478 e. The van der Waals surface area contributed by atoms with Gasteiger partial charge in [-0.3, -0.25) is 0 Å². The van der Waals surface area contributed by atoms with E-state index in [1.807, 2.05) is 11.8 Å². The van der Waals surface area contributed by atoms with Gasteiger partial charge in [0.05, 0.1) is 0 Å². The van der Waals surface area contributed by atoms with Gasteiger partial charge in [0.2, 0.25) is 0 Å². The number of carbonyl (C=O) groups is 1. The Hall–Kier alpha value is -1.56. The number of hydrogen-bond donors (Lipinski definition) is 1. The standard InChI is InChI=1S/C13H15N3O2S/c17-13(18)10-4-1-5-16-12(10)14-11(15-16)7-9-3-2-6-19-8-9/h1,4-5,9H,2-3,6-8H2,(H,17,18). The molecule has 100 valence electrons. The van der Waals surface area contributed by atoms with Crippen LogP contribution in [0.2, 0.25) is 0 Å². The third-order valence-electron chi connectivity index (χ3n) is 3.36. The molecule has 5 nitrogen and oxygen atoms in total. The monoisotopic (exact) mass is 277 g/mol. The summed E-state index contributed by atoms with van der Waals surface area (Å²) in [5, 5.41) is 13.5. The molecule has 0 aliphatic carbocycles. The Balaban J connectivity index is 1.88. The van der Waals surface area contributed by atoms with Crippen molar-refractivity contribution in [1.29, 1.82) is 0 Å². The molecule has 1 N–H and O–H groups in total. The van der Waals surface area contributed by atoms with Gasteiger partial charge in [-0.25, -0.2) is 14.3 Å². The zero-order chi connectivity index (χ0) is 13.2. The second-order valence-corrected chi connectivity index (χ2v) is 5.96. The molecular weight excluding hydrogens is 262 g/mol. The van der Waals surface area contributed by atoms with Crippen LogP contribution in [0.5, 0.6) is 0 Å². The predicted molar refractivity (Wildman–Crippen MR) is 73.7 cm³/mol. The Bertz CT molecular complexity index is 605. The van der Waals surface area contributed by atoms with Crippen molar-refractivity contribution in [3.05, 3.63) is 29.7 Å². The van der Waals surface area contributed by atoms with Gasteiger partial charge in [0.25, 0.3) is 0 Å². The molecule has 3 rings (SSSR count). The smallest absolute Gasteiger partial charge is 0.339 e. The van der Waals surface area contributed by atoms with Crippen molar-refractivity contribution in [2.45, 2.75) is 19.3 Å². The van der Waals surface area contributed by atoms with Gasteiger partial charge in [-0.05, 0) is 42.4 Å². The Morgan fingerprint density at radius 3 is 3.21 bits per heavy atom. The molecule has 1 aliphatic heterocycles. The highest BCUT2D eigenvalue weighted by Crippen LogP contribution is 2.25. The van der Waals surface area contributed by atoms with Gasteiger partial charge >= 0.3 is 5.97 Å². The first-order chi connectivity index (χ1) is 9.24. The fourth-order valence-corrected chi connectivity index (χ4v) is 3.59. The molecule has 1 saturated heterocycles. The lowest BCUT2D eigenvalue weighted by Crippen LogP contribution is -2.13. The molecule has 6 heteroatoms. The van der Waals surface area contributed by atoms with Crippen LogP contribution in [-0.2, 0) is 6.42 Å². The summed E-state index contributed by atoms with van der Waals surface area (Å²) >= 11 is 1.98. The van der Waals surface area contributed by atoms with Crippen molar-refractivity contribution in [2.24, 2.45) is 5.92 Å². The minimum Gasteiger partial charge on any atom is -0.478 e. The highest BCUT2D eigenvalue weighted by atomic mass is 32.2. The lowest BCUT2D eigenvalue weighted by Gasteiger charge is -2.19. The van der Waals surface area contributed by atoms with Crippen LogP contribution < -0.4 is 0 Å². The summed E-state index contributed by atoms with van der Waals surface area (Å²) in [5.74, 6) is 2.81. The van der Waals surface area contributed by atoms with Gasteiger partial charge in [0.15, 0.2) is 11.5 Å². The third kappa shape index (κ3) is 2.58. The van der Waals surface area contributed by atoms with E-state index in [-0.39, 0.29) is 5.56 Å². The van der Waals surface area contributed by atoms with Crippen LogP contribution >= 0.6 is 11.8 Å². The molecule has 2 aromatic rings. The van der Waals surface area contributed by atoms with E-state index >= 15 is 0 Å². The molecule has 1 aliphatic rings. The molecule has 1 atom stereocenters. The average Bonchev–Trinajstić information content (AvgIpc) is 2.81. The highest BCUT2D eigenvalue weighted by molar-refractivity contribution is 7.99. The fraction of sp³-hybridized carbons (Fsp3) is 0.462. The molecule has 0 aromatic carbocycles. The first-order valence-corrected chi connectivity index (χ1v) is 7.55. The van der Waals surface area contributed by atoms with E-state index in [0.717, 1.165) is 18.0 Å². The van der Waals surface area contributed by atoms with Crippen molar-refractivity contribution in [2.75, 3.05) is 11.5 Å². The average molecular weight is 277 g/mol. The summed E-state index contributed by atoms with van der Waals surface area (Å²) in [4.78, 5) is 15.5. The number of rotatable bonds is 3. The van der Waals surface area contributed by atoms with E-state index in [0.29, 0.717) is 11.6 Å². The summed E-state index contributed by atoms with van der Waals surface area (Å²) in [6, 6.07) is 3.25. The van der Waals surface area contributed by atoms with Crippen LogP contribution in [0.3, 0.4) is 0 Å². The molecule has 0 bridgehead atoms. The SMILES string of the molecule is O=C(O)c1cccn2nc(CC3CCCSC3)nc12. The minimum atomic E-state index is -0.960.